The van der Waals surface area contributed by atoms with E-state index >= 15 is 0 Å². The highest BCUT2D eigenvalue weighted by atomic mass is 35.5. The van der Waals surface area contributed by atoms with Crippen LogP contribution >= 0.6 is 11.6 Å². The average Bonchev–Trinajstić information content (AvgIpc) is 2.09. The third kappa shape index (κ3) is 3.23. The molecule has 0 spiro atoms. The fourth-order valence-electron chi connectivity index (χ4n) is 1.11. The SMILES string of the molecule is Cc1ccc(Cl)c(CC(=O)C(F)(F)F)c1. The molecule has 1 aromatic carbocycles. The summed E-state index contributed by atoms with van der Waals surface area (Å²) in [5, 5.41) is 0.179. The smallest absolute Gasteiger partial charge is 0.289 e. The van der Waals surface area contributed by atoms with E-state index in [1.54, 1.807) is 13.0 Å². The molecule has 15 heavy (non-hydrogen) atoms. The van der Waals surface area contributed by atoms with Gasteiger partial charge in [0.05, 0.1) is 0 Å². The lowest BCUT2D eigenvalue weighted by Gasteiger charge is -2.07. The maximum Gasteiger partial charge on any atom is 0.450 e. The molecule has 0 radical (unpaired) electrons. The standard InChI is InChI=1S/C10H8ClF3O/c1-6-2-3-8(11)7(4-6)5-9(15)10(12,13)14/h2-4H,5H2,1H3. The Balaban J connectivity index is 2.90. The van der Waals surface area contributed by atoms with Gasteiger partial charge in [0.1, 0.15) is 0 Å². The van der Waals surface area contributed by atoms with Crippen LogP contribution in [0.4, 0.5) is 13.2 Å². The number of ketones is 1. The Morgan fingerprint density at radius 3 is 2.53 bits per heavy atom. The Labute approximate surface area is 89.9 Å². The fraction of sp³-hybridized carbons (Fsp3) is 0.300. The van der Waals surface area contributed by atoms with Crippen molar-refractivity contribution in [2.24, 2.45) is 0 Å². The van der Waals surface area contributed by atoms with Crippen molar-refractivity contribution in [3.05, 3.63) is 34.3 Å². The summed E-state index contributed by atoms with van der Waals surface area (Å²) in [5.74, 6) is -1.78. The molecule has 0 fully saturated rings. The van der Waals surface area contributed by atoms with Gasteiger partial charge >= 0.3 is 6.18 Å². The lowest BCUT2D eigenvalue weighted by Crippen LogP contribution is -2.24. The van der Waals surface area contributed by atoms with Crippen molar-refractivity contribution >= 4 is 17.4 Å². The van der Waals surface area contributed by atoms with Gasteiger partial charge in [0.15, 0.2) is 0 Å². The van der Waals surface area contributed by atoms with Crippen molar-refractivity contribution < 1.29 is 18.0 Å². The van der Waals surface area contributed by atoms with Crippen LogP contribution in [0.2, 0.25) is 5.02 Å². The van der Waals surface area contributed by atoms with E-state index in [0.717, 1.165) is 5.56 Å². The van der Waals surface area contributed by atoms with Crippen LogP contribution in [0.1, 0.15) is 11.1 Å². The van der Waals surface area contributed by atoms with Gasteiger partial charge in [-0.15, -0.1) is 0 Å². The molecule has 0 aromatic heterocycles. The third-order valence-electron chi connectivity index (χ3n) is 1.87. The normalized spacial score (nSPS) is 11.5. The molecule has 0 aliphatic rings. The molecule has 82 valence electrons. The molecular weight excluding hydrogens is 229 g/mol. The number of halogens is 4. The van der Waals surface area contributed by atoms with E-state index in [1.165, 1.54) is 12.1 Å². The first-order valence-electron chi connectivity index (χ1n) is 4.16. The van der Waals surface area contributed by atoms with Gasteiger partial charge < -0.3 is 0 Å². The molecule has 1 rings (SSSR count). The molecule has 0 amide bonds. The first kappa shape index (κ1) is 12.0. The number of aryl methyl sites for hydroxylation is 1. The van der Waals surface area contributed by atoms with Crippen molar-refractivity contribution in [3.63, 3.8) is 0 Å². The second-order valence-corrected chi connectivity index (χ2v) is 3.60. The second kappa shape index (κ2) is 4.23. The van der Waals surface area contributed by atoms with Crippen molar-refractivity contribution in [2.75, 3.05) is 0 Å². The first-order chi connectivity index (χ1) is 6.80. The Hall–Kier alpha value is -1.03. The number of hydrogen-bond donors (Lipinski definition) is 0. The predicted octanol–water partition coefficient (Wildman–Crippen LogP) is 3.32. The second-order valence-electron chi connectivity index (χ2n) is 3.19. The molecule has 0 aliphatic carbocycles. The Kier molecular flexibility index (Phi) is 3.39. The van der Waals surface area contributed by atoms with Crippen LogP contribution in [0.25, 0.3) is 0 Å². The van der Waals surface area contributed by atoms with Gasteiger partial charge in [-0.05, 0) is 18.6 Å². The summed E-state index contributed by atoms with van der Waals surface area (Å²) < 4.78 is 35.9. The van der Waals surface area contributed by atoms with E-state index in [-0.39, 0.29) is 10.6 Å². The van der Waals surface area contributed by atoms with Gasteiger partial charge in [-0.3, -0.25) is 4.79 Å². The Morgan fingerprint density at radius 1 is 1.40 bits per heavy atom. The monoisotopic (exact) mass is 236 g/mol. The summed E-state index contributed by atoms with van der Waals surface area (Å²) in [5.41, 5.74) is 0.975. The molecule has 1 aromatic rings. The zero-order valence-corrected chi connectivity index (χ0v) is 8.62. The summed E-state index contributed by atoms with van der Waals surface area (Å²) in [7, 11) is 0. The molecule has 0 bridgehead atoms. The summed E-state index contributed by atoms with van der Waals surface area (Å²) in [4.78, 5) is 10.7. The minimum Gasteiger partial charge on any atom is -0.289 e. The van der Waals surface area contributed by atoms with E-state index in [4.69, 9.17) is 11.6 Å². The zero-order valence-electron chi connectivity index (χ0n) is 7.86. The Morgan fingerprint density at radius 2 is 2.00 bits per heavy atom. The largest absolute Gasteiger partial charge is 0.450 e. The molecular formula is C10H8ClF3O. The number of benzene rings is 1. The van der Waals surface area contributed by atoms with Gasteiger partial charge in [0, 0.05) is 11.4 Å². The summed E-state index contributed by atoms with van der Waals surface area (Å²) >= 11 is 5.67. The lowest BCUT2D eigenvalue weighted by atomic mass is 10.1. The van der Waals surface area contributed by atoms with E-state index in [9.17, 15) is 18.0 Å². The topological polar surface area (TPSA) is 17.1 Å². The lowest BCUT2D eigenvalue weighted by molar-refractivity contribution is -0.170. The number of Topliss-reactive ketones (excluding diaryl/α,β-unsaturated/α-hetero) is 1. The third-order valence-corrected chi connectivity index (χ3v) is 2.24. The van der Waals surface area contributed by atoms with Gasteiger partial charge in [-0.25, -0.2) is 0 Å². The highest BCUT2D eigenvalue weighted by Gasteiger charge is 2.37. The molecule has 0 saturated heterocycles. The molecule has 0 heterocycles. The number of hydrogen-bond acceptors (Lipinski definition) is 1. The van der Waals surface area contributed by atoms with Gasteiger partial charge in [0.2, 0.25) is 5.78 Å². The summed E-state index contributed by atoms with van der Waals surface area (Å²) in [6, 6.07) is 4.63. The number of alkyl halides is 3. The van der Waals surface area contributed by atoms with Crippen molar-refractivity contribution in [1.82, 2.24) is 0 Å². The molecule has 0 saturated carbocycles. The number of carbonyl (C=O) groups is 1. The van der Waals surface area contributed by atoms with Gasteiger partial charge in [-0.1, -0.05) is 29.3 Å². The van der Waals surface area contributed by atoms with Crippen molar-refractivity contribution in [1.29, 1.82) is 0 Å². The highest BCUT2D eigenvalue weighted by molar-refractivity contribution is 6.31. The van der Waals surface area contributed by atoms with Crippen LogP contribution in [0, 0.1) is 6.92 Å². The average molecular weight is 237 g/mol. The van der Waals surface area contributed by atoms with Crippen LogP contribution < -0.4 is 0 Å². The van der Waals surface area contributed by atoms with Crippen LogP contribution in [0.5, 0.6) is 0 Å². The number of rotatable bonds is 2. The maximum absolute atomic E-state index is 12.0. The number of carbonyl (C=O) groups excluding carboxylic acids is 1. The van der Waals surface area contributed by atoms with Crippen molar-refractivity contribution in [2.45, 2.75) is 19.5 Å². The van der Waals surface area contributed by atoms with Crippen LogP contribution in [0.15, 0.2) is 18.2 Å². The van der Waals surface area contributed by atoms with Crippen LogP contribution in [-0.4, -0.2) is 12.0 Å². The first-order valence-corrected chi connectivity index (χ1v) is 4.53. The zero-order chi connectivity index (χ0) is 11.6. The van der Waals surface area contributed by atoms with Crippen molar-refractivity contribution in [3.8, 4) is 0 Å². The molecule has 0 N–H and O–H groups in total. The van der Waals surface area contributed by atoms with Gasteiger partial charge in [-0.2, -0.15) is 13.2 Å². The van der Waals surface area contributed by atoms with E-state index < -0.39 is 18.4 Å². The van der Waals surface area contributed by atoms with Gasteiger partial charge in [0.25, 0.3) is 0 Å². The highest BCUT2D eigenvalue weighted by Crippen LogP contribution is 2.23. The van der Waals surface area contributed by atoms with Crippen LogP contribution in [0.3, 0.4) is 0 Å². The predicted molar refractivity (Wildman–Crippen MR) is 51.0 cm³/mol. The van der Waals surface area contributed by atoms with E-state index in [0.29, 0.717) is 0 Å². The van der Waals surface area contributed by atoms with E-state index in [1.807, 2.05) is 0 Å². The van der Waals surface area contributed by atoms with Crippen LogP contribution in [-0.2, 0) is 11.2 Å². The minimum atomic E-state index is -4.80. The molecule has 5 heteroatoms. The quantitative estimate of drug-likeness (QED) is 0.770. The summed E-state index contributed by atoms with van der Waals surface area (Å²) in [6.45, 7) is 1.72. The Bertz CT molecular complexity index is 385. The van der Waals surface area contributed by atoms with E-state index in [2.05, 4.69) is 0 Å². The fourth-order valence-corrected chi connectivity index (χ4v) is 1.30. The maximum atomic E-state index is 12.0. The minimum absolute atomic E-state index is 0.179. The molecule has 1 nitrogen and oxygen atoms in total. The molecule has 0 unspecified atom stereocenters. The molecule has 0 aliphatic heterocycles. The molecule has 0 atom stereocenters. The summed E-state index contributed by atoms with van der Waals surface area (Å²) in [6.07, 6.45) is -5.50.